The van der Waals surface area contributed by atoms with Crippen LogP contribution in [0.2, 0.25) is 0 Å². The first kappa shape index (κ1) is 28.1. The van der Waals surface area contributed by atoms with Crippen molar-refractivity contribution in [1.82, 2.24) is 4.57 Å². The van der Waals surface area contributed by atoms with Crippen LogP contribution in [0.25, 0.3) is 21.8 Å². The van der Waals surface area contributed by atoms with E-state index >= 15 is 0 Å². The number of unbranched alkanes of at least 4 members (excludes halogenated alkanes) is 1. The summed E-state index contributed by atoms with van der Waals surface area (Å²) in [6, 6.07) is 21.8. The molecule has 0 N–H and O–H groups in total. The van der Waals surface area contributed by atoms with E-state index in [4.69, 9.17) is 4.74 Å². The fraction of sp³-hybridized carbons (Fsp3) is 0.444. The molecule has 210 valence electrons. The Bertz CT molecular complexity index is 1450. The number of benzene rings is 3. The minimum absolute atomic E-state index is 0.124. The van der Waals surface area contributed by atoms with Crippen LogP contribution in [-0.2, 0) is 17.7 Å². The number of hydrogen-bond donors (Lipinski definition) is 0. The lowest BCUT2D eigenvalue weighted by Gasteiger charge is -2.21. The van der Waals surface area contributed by atoms with Crippen LogP contribution in [0.15, 0.2) is 66.7 Å². The number of Topliss-reactive ketones (excluding diaryl/α,β-unsaturated/α-hetero) is 1. The highest BCUT2D eigenvalue weighted by atomic mass is 16.5. The van der Waals surface area contributed by atoms with Crippen LogP contribution in [0, 0.1) is 5.92 Å². The molecule has 1 aliphatic rings. The van der Waals surface area contributed by atoms with Gasteiger partial charge in [-0.3, -0.25) is 4.79 Å². The number of carbonyl (C=O) groups is 2. The third-order valence-electron chi connectivity index (χ3n) is 8.70. The molecule has 4 heteroatoms. The molecule has 1 aromatic heterocycles. The number of fused-ring (bicyclic) bond motifs is 3. The summed E-state index contributed by atoms with van der Waals surface area (Å²) in [5, 5.41) is 2.30. The lowest BCUT2D eigenvalue weighted by Crippen LogP contribution is -2.27. The molecular formula is C36H43NO3. The predicted octanol–water partition coefficient (Wildman–Crippen LogP) is 9.32. The molecule has 40 heavy (non-hydrogen) atoms. The van der Waals surface area contributed by atoms with E-state index in [1.165, 1.54) is 61.4 Å². The third-order valence-corrected chi connectivity index (χ3v) is 8.70. The van der Waals surface area contributed by atoms with E-state index in [0.29, 0.717) is 17.5 Å². The Morgan fingerprint density at radius 1 is 0.850 bits per heavy atom. The van der Waals surface area contributed by atoms with Gasteiger partial charge in [-0.1, -0.05) is 76.1 Å². The highest BCUT2D eigenvalue weighted by Gasteiger charge is 2.25. The molecule has 4 aromatic rings. The standard InChI is InChI=1S/C36H43NO3/c1-3-5-19-34(40-36(39)28-17-10-7-11-18-28)35(38)29-21-23-33-31(25-29)30-24-27(20-22-32(30)37(33)4-2)16-12-15-26-13-8-6-9-14-26/h7,10-11,17-18,20-26,34H,3-6,8-9,12-16,19H2,1-2H3. The fourth-order valence-corrected chi connectivity index (χ4v) is 6.46. The van der Waals surface area contributed by atoms with Gasteiger partial charge in [0.25, 0.3) is 0 Å². The Morgan fingerprint density at radius 2 is 1.57 bits per heavy atom. The highest BCUT2D eigenvalue weighted by Crippen LogP contribution is 2.33. The molecule has 5 rings (SSSR count). The van der Waals surface area contributed by atoms with Crippen molar-refractivity contribution >= 4 is 33.6 Å². The van der Waals surface area contributed by atoms with E-state index in [1.54, 1.807) is 24.3 Å². The van der Waals surface area contributed by atoms with E-state index < -0.39 is 12.1 Å². The van der Waals surface area contributed by atoms with Crippen LogP contribution in [0.1, 0.15) is 104 Å². The number of esters is 1. The number of aryl methyl sites for hydroxylation is 2. The number of nitrogens with zero attached hydrogens (tertiary/aromatic N) is 1. The summed E-state index contributed by atoms with van der Waals surface area (Å²) in [6.07, 6.45) is 12.2. The van der Waals surface area contributed by atoms with E-state index in [2.05, 4.69) is 42.7 Å². The molecule has 0 radical (unpaired) electrons. The Hall–Kier alpha value is -3.40. The molecule has 0 bridgehead atoms. The van der Waals surface area contributed by atoms with Crippen molar-refractivity contribution in [3.05, 3.63) is 83.4 Å². The van der Waals surface area contributed by atoms with Crippen molar-refractivity contribution in [3.8, 4) is 0 Å². The Balaban J connectivity index is 1.41. The largest absolute Gasteiger partial charge is 0.450 e. The number of ketones is 1. The zero-order chi connectivity index (χ0) is 27.9. The van der Waals surface area contributed by atoms with Crippen molar-refractivity contribution < 1.29 is 14.3 Å². The quantitative estimate of drug-likeness (QED) is 0.134. The summed E-state index contributed by atoms with van der Waals surface area (Å²) >= 11 is 0. The monoisotopic (exact) mass is 537 g/mol. The van der Waals surface area contributed by atoms with Crippen LogP contribution in [-0.4, -0.2) is 22.4 Å². The van der Waals surface area contributed by atoms with Crippen molar-refractivity contribution in [2.45, 2.75) is 97.1 Å². The fourth-order valence-electron chi connectivity index (χ4n) is 6.46. The second kappa shape index (κ2) is 13.3. The summed E-state index contributed by atoms with van der Waals surface area (Å²) < 4.78 is 8.13. The molecule has 1 heterocycles. The van der Waals surface area contributed by atoms with Gasteiger partial charge in [0, 0.05) is 33.9 Å². The van der Waals surface area contributed by atoms with Gasteiger partial charge < -0.3 is 9.30 Å². The van der Waals surface area contributed by atoms with E-state index in [-0.39, 0.29) is 5.78 Å². The van der Waals surface area contributed by atoms with Crippen LogP contribution in [0.3, 0.4) is 0 Å². The molecule has 4 nitrogen and oxygen atoms in total. The van der Waals surface area contributed by atoms with Crippen molar-refractivity contribution in [2.24, 2.45) is 5.92 Å². The van der Waals surface area contributed by atoms with Gasteiger partial charge in [0.05, 0.1) is 5.56 Å². The number of carbonyl (C=O) groups excluding carboxylic acids is 2. The number of aromatic nitrogens is 1. The molecule has 1 aliphatic carbocycles. The van der Waals surface area contributed by atoms with Gasteiger partial charge in [-0.15, -0.1) is 0 Å². The first-order valence-electron chi connectivity index (χ1n) is 15.4. The molecule has 1 unspecified atom stereocenters. The first-order chi connectivity index (χ1) is 19.6. The zero-order valence-corrected chi connectivity index (χ0v) is 24.2. The summed E-state index contributed by atoms with van der Waals surface area (Å²) in [7, 11) is 0. The lowest BCUT2D eigenvalue weighted by molar-refractivity contribution is 0.0263. The topological polar surface area (TPSA) is 48.3 Å². The van der Waals surface area contributed by atoms with Gasteiger partial charge in [-0.25, -0.2) is 4.79 Å². The molecule has 0 saturated heterocycles. The maximum atomic E-state index is 13.7. The maximum Gasteiger partial charge on any atom is 0.338 e. The second-order valence-electron chi connectivity index (χ2n) is 11.5. The normalized spacial score (nSPS) is 14.9. The number of hydrogen-bond acceptors (Lipinski definition) is 3. The molecule has 1 fully saturated rings. The molecule has 0 amide bonds. The van der Waals surface area contributed by atoms with Crippen LogP contribution in [0.4, 0.5) is 0 Å². The van der Waals surface area contributed by atoms with Crippen molar-refractivity contribution in [1.29, 1.82) is 0 Å². The van der Waals surface area contributed by atoms with E-state index in [1.807, 2.05) is 18.2 Å². The maximum absolute atomic E-state index is 13.7. The summed E-state index contributed by atoms with van der Waals surface area (Å²) in [5.74, 6) is 0.335. The van der Waals surface area contributed by atoms with Gasteiger partial charge in [-0.05, 0) is 86.6 Å². The average molecular weight is 538 g/mol. The van der Waals surface area contributed by atoms with Gasteiger partial charge in [0.15, 0.2) is 6.10 Å². The van der Waals surface area contributed by atoms with Crippen molar-refractivity contribution in [3.63, 3.8) is 0 Å². The first-order valence-corrected chi connectivity index (χ1v) is 15.4. The molecule has 3 aromatic carbocycles. The predicted molar refractivity (Wildman–Crippen MR) is 164 cm³/mol. The van der Waals surface area contributed by atoms with Crippen LogP contribution >= 0.6 is 0 Å². The van der Waals surface area contributed by atoms with Gasteiger partial charge in [0.1, 0.15) is 0 Å². The SMILES string of the molecule is CCCCC(OC(=O)c1ccccc1)C(=O)c1ccc2c(c1)c1cc(CCCC3CCCCC3)ccc1n2CC. The smallest absolute Gasteiger partial charge is 0.338 e. The second-order valence-corrected chi connectivity index (χ2v) is 11.5. The Morgan fingerprint density at radius 3 is 2.30 bits per heavy atom. The zero-order valence-electron chi connectivity index (χ0n) is 24.2. The van der Waals surface area contributed by atoms with E-state index in [9.17, 15) is 9.59 Å². The Kier molecular flexibility index (Phi) is 9.36. The van der Waals surface area contributed by atoms with E-state index in [0.717, 1.165) is 42.6 Å². The molecule has 0 aliphatic heterocycles. The number of rotatable bonds is 12. The van der Waals surface area contributed by atoms with Gasteiger partial charge >= 0.3 is 5.97 Å². The van der Waals surface area contributed by atoms with Crippen LogP contribution < -0.4 is 0 Å². The number of ether oxygens (including phenoxy) is 1. The van der Waals surface area contributed by atoms with Crippen molar-refractivity contribution in [2.75, 3.05) is 0 Å². The molecule has 1 saturated carbocycles. The lowest BCUT2D eigenvalue weighted by atomic mass is 9.85. The summed E-state index contributed by atoms with van der Waals surface area (Å²) in [4.78, 5) is 26.6. The Labute approximate surface area is 238 Å². The minimum Gasteiger partial charge on any atom is -0.450 e. The average Bonchev–Trinajstić information content (AvgIpc) is 3.32. The molecule has 0 spiro atoms. The van der Waals surface area contributed by atoms with Crippen LogP contribution in [0.5, 0.6) is 0 Å². The minimum atomic E-state index is -0.792. The third kappa shape index (κ3) is 6.32. The summed E-state index contributed by atoms with van der Waals surface area (Å²) in [6.45, 7) is 5.11. The summed E-state index contributed by atoms with van der Waals surface area (Å²) in [5.41, 5.74) is 4.78. The highest BCUT2D eigenvalue weighted by molar-refractivity contribution is 6.12. The molecular weight excluding hydrogens is 494 g/mol. The van der Waals surface area contributed by atoms with Gasteiger partial charge in [0.2, 0.25) is 5.78 Å². The van der Waals surface area contributed by atoms with Gasteiger partial charge in [-0.2, -0.15) is 0 Å². The molecule has 1 atom stereocenters.